The molecule has 0 aliphatic rings. The summed E-state index contributed by atoms with van der Waals surface area (Å²) < 4.78 is 0. The summed E-state index contributed by atoms with van der Waals surface area (Å²) in [5.41, 5.74) is 1.53. The van der Waals surface area contributed by atoms with Crippen LogP contribution in [0.25, 0.3) is 11.2 Å². The van der Waals surface area contributed by atoms with Gasteiger partial charge >= 0.3 is 0 Å². The molecule has 2 heterocycles. The monoisotopic (exact) mass is 252 g/mol. The fourth-order valence-electron chi connectivity index (χ4n) is 1.50. The van der Waals surface area contributed by atoms with E-state index in [1.165, 1.54) is 0 Å². The molecule has 0 bridgehead atoms. The normalized spacial score (nSPS) is 10.7. The third-order valence-corrected chi connectivity index (χ3v) is 3.02. The zero-order chi connectivity index (χ0) is 12.1. The second-order valence-electron chi connectivity index (χ2n) is 3.52. The van der Waals surface area contributed by atoms with E-state index in [9.17, 15) is 0 Å². The average molecular weight is 252 g/mol. The van der Waals surface area contributed by atoms with Crippen LogP contribution in [0, 0.1) is 0 Å². The Morgan fingerprint density at radius 1 is 1.41 bits per heavy atom. The summed E-state index contributed by atoms with van der Waals surface area (Å²) in [6, 6.07) is 0. The highest BCUT2D eigenvalue weighted by Gasteiger charge is 2.08. The van der Waals surface area contributed by atoms with Gasteiger partial charge in [-0.15, -0.1) is 0 Å². The zero-order valence-electron chi connectivity index (χ0n) is 9.95. The number of hydrogen-bond donors (Lipinski definition) is 3. The van der Waals surface area contributed by atoms with Crippen molar-refractivity contribution in [1.29, 1.82) is 0 Å². The first-order chi connectivity index (χ1) is 8.35. The average Bonchev–Trinajstić information content (AvgIpc) is 2.82. The van der Waals surface area contributed by atoms with Crippen LogP contribution < -0.4 is 10.6 Å². The van der Waals surface area contributed by atoms with Gasteiger partial charge in [-0.05, 0) is 18.4 Å². The third-order valence-electron chi connectivity index (χ3n) is 2.33. The van der Waals surface area contributed by atoms with Crippen LogP contribution in [-0.4, -0.2) is 45.5 Å². The first kappa shape index (κ1) is 12.0. The van der Waals surface area contributed by atoms with Crippen molar-refractivity contribution in [3.8, 4) is 0 Å². The molecular weight excluding hydrogens is 236 g/mol. The summed E-state index contributed by atoms with van der Waals surface area (Å²) in [5, 5.41) is 6.24. The molecule has 0 spiro atoms. The first-order valence-corrected chi connectivity index (χ1v) is 6.86. The molecule has 2 aromatic heterocycles. The number of H-pyrrole nitrogens is 1. The molecular formula is C10H16N6S. The van der Waals surface area contributed by atoms with E-state index in [0.717, 1.165) is 30.1 Å². The highest BCUT2D eigenvalue weighted by molar-refractivity contribution is 7.98. The molecule has 0 aromatic carbocycles. The molecule has 0 saturated carbocycles. The number of aromatic amines is 1. The van der Waals surface area contributed by atoms with Crippen molar-refractivity contribution in [3.05, 3.63) is 6.33 Å². The lowest BCUT2D eigenvalue weighted by molar-refractivity contribution is 0.981. The highest BCUT2D eigenvalue weighted by atomic mass is 32.2. The molecule has 92 valence electrons. The van der Waals surface area contributed by atoms with E-state index in [4.69, 9.17) is 0 Å². The van der Waals surface area contributed by atoms with Gasteiger partial charge in [-0.1, -0.05) is 0 Å². The molecule has 7 heteroatoms. The second-order valence-corrected chi connectivity index (χ2v) is 4.51. The minimum atomic E-state index is 0.581. The molecule has 0 aliphatic carbocycles. The van der Waals surface area contributed by atoms with Gasteiger partial charge in [0.1, 0.15) is 5.52 Å². The van der Waals surface area contributed by atoms with Crippen molar-refractivity contribution in [2.24, 2.45) is 0 Å². The summed E-state index contributed by atoms with van der Waals surface area (Å²) in [6.45, 7) is 0.898. The van der Waals surface area contributed by atoms with E-state index in [1.54, 1.807) is 13.4 Å². The van der Waals surface area contributed by atoms with E-state index in [0.29, 0.717) is 11.6 Å². The van der Waals surface area contributed by atoms with Crippen molar-refractivity contribution in [3.63, 3.8) is 0 Å². The van der Waals surface area contributed by atoms with E-state index in [-0.39, 0.29) is 0 Å². The van der Waals surface area contributed by atoms with Gasteiger partial charge in [-0.2, -0.15) is 21.7 Å². The molecule has 3 N–H and O–H groups in total. The summed E-state index contributed by atoms with van der Waals surface area (Å²) in [7, 11) is 1.80. The predicted octanol–water partition coefficient (Wildman–Crippen LogP) is 1.56. The fourth-order valence-corrected chi connectivity index (χ4v) is 1.93. The van der Waals surface area contributed by atoms with Crippen LogP contribution in [0.2, 0.25) is 0 Å². The van der Waals surface area contributed by atoms with Gasteiger partial charge in [0.25, 0.3) is 0 Å². The lowest BCUT2D eigenvalue weighted by Crippen LogP contribution is -2.07. The minimum absolute atomic E-state index is 0.581. The van der Waals surface area contributed by atoms with Gasteiger partial charge in [-0.25, -0.2) is 4.98 Å². The number of nitrogens with one attached hydrogen (secondary N) is 3. The van der Waals surface area contributed by atoms with Crippen LogP contribution in [0.4, 0.5) is 11.8 Å². The Hall–Kier alpha value is -1.50. The highest BCUT2D eigenvalue weighted by Crippen LogP contribution is 2.18. The lowest BCUT2D eigenvalue weighted by Gasteiger charge is -2.07. The second kappa shape index (κ2) is 5.72. The molecule has 0 unspecified atom stereocenters. The Bertz CT molecular complexity index is 483. The maximum Gasteiger partial charge on any atom is 0.226 e. The van der Waals surface area contributed by atoms with Crippen LogP contribution in [-0.2, 0) is 0 Å². The van der Waals surface area contributed by atoms with E-state index >= 15 is 0 Å². The van der Waals surface area contributed by atoms with Crippen molar-refractivity contribution in [2.75, 3.05) is 36.2 Å². The maximum absolute atomic E-state index is 4.38. The fraction of sp³-hybridized carbons (Fsp3) is 0.500. The first-order valence-electron chi connectivity index (χ1n) is 5.47. The van der Waals surface area contributed by atoms with E-state index in [2.05, 4.69) is 36.8 Å². The summed E-state index contributed by atoms with van der Waals surface area (Å²) >= 11 is 1.84. The number of anilines is 2. The SMILES string of the molecule is CNc1nc(NCCCSC)c2[nH]cnc2n1. The number of imidazole rings is 1. The zero-order valence-corrected chi connectivity index (χ0v) is 10.8. The van der Waals surface area contributed by atoms with Crippen molar-refractivity contribution >= 4 is 34.7 Å². The molecule has 0 radical (unpaired) electrons. The number of hydrogen-bond acceptors (Lipinski definition) is 6. The molecule has 6 nitrogen and oxygen atoms in total. The largest absolute Gasteiger partial charge is 0.368 e. The van der Waals surface area contributed by atoms with Crippen LogP contribution in [0.15, 0.2) is 6.33 Å². The molecule has 0 saturated heterocycles. The molecule has 17 heavy (non-hydrogen) atoms. The molecule has 0 fully saturated rings. The van der Waals surface area contributed by atoms with Gasteiger partial charge in [0.2, 0.25) is 5.95 Å². The topological polar surface area (TPSA) is 78.5 Å². The lowest BCUT2D eigenvalue weighted by atomic mass is 10.4. The van der Waals surface area contributed by atoms with Gasteiger partial charge in [-0.3, -0.25) is 0 Å². The Balaban J connectivity index is 2.16. The quantitative estimate of drug-likeness (QED) is 0.677. The summed E-state index contributed by atoms with van der Waals surface area (Å²) in [6.07, 6.45) is 4.85. The van der Waals surface area contributed by atoms with E-state index < -0.39 is 0 Å². The van der Waals surface area contributed by atoms with Crippen LogP contribution >= 0.6 is 11.8 Å². The van der Waals surface area contributed by atoms with Gasteiger partial charge in [0, 0.05) is 13.6 Å². The number of nitrogens with zero attached hydrogens (tertiary/aromatic N) is 3. The maximum atomic E-state index is 4.38. The van der Waals surface area contributed by atoms with Crippen molar-refractivity contribution in [2.45, 2.75) is 6.42 Å². The number of fused-ring (bicyclic) bond motifs is 1. The van der Waals surface area contributed by atoms with E-state index in [1.807, 2.05) is 11.8 Å². The Kier molecular flexibility index (Phi) is 4.03. The summed E-state index contributed by atoms with van der Waals surface area (Å²) in [5.74, 6) is 2.53. The molecule has 0 atom stereocenters. The summed E-state index contributed by atoms with van der Waals surface area (Å²) in [4.78, 5) is 15.8. The smallest absolute Gasteiger partial charge is 0.226 e. The third kappa shape index (κ3) is 2.79. The number of thioether (sulfide) groups is 1. The van der Waals surface area contributed by atoms with Crippen LogP contribution in [0.3, 0.4) is 0 Å². The number of aromatic nitrogens is 4. The van der Waals surface area contributed by atoms with Crippen molar-refractivity contribution in [1.82, 2.24) is 19.9 Å². The van der Waals surface area contributed by atoms with Crippen LogP contribution in [0.1, 0.15) is 6.42 Å². The Morgan fingerprint density at radius 3 is 3.06 bits per heavy atom. The molecule has 2 rings (SSSR count). The van der Waals surface area contributed by atoms with Gasteiger partial charge in [0.15, 0.2) is 11.5 Å². The number of rotatable bonds is 6. The van der Waals surface area contributed by atoms with Crippen LogP contribution in [0.5, 0.6) is 0 Å². The molecule has 0 amide bonds. The standard InChI is InChI=1S/C10H16N6S/c1-11-10-15-8(12-4-3-5-17-2)7-9(16-10)14-6-13-7/h6H,3-5H2,1-2H3,(H3,11,12,13,14,15,16). The van der Waals surface area contributed by atoms with Crippen molar-refractivity contribution < 1.29 is 0 Å². The minimum Gasteiger partial charge on any atom is -0.368 e. The van der Waals surface area contributed by atoms with Gasteiger partial charge in [0.05, 0.1) is 6.33 Å². The molecule has 2 aromatic rings. The predicted molar refractivity (Wildman–Crippen MR) is 72.7 cm³/mol. The molecule has 0 aliphatic heterocycles. The Labute approximate surface area is 104 Å². The Morgan fingerprint density at radius 2 is 2.29 bits per heavy atom. The van der Waals surface area contributed by atoms with Gasteiger partial charge < -0.3 is 15.6 Å².